The molecule has 4 unspecified atom stereocenters. The van der Waals surface area contributed by atoms with Gasteiger partial charge in [0.15, 0.2) is 0 Å². The van der Waals surface area contributed by atoms with Gasteiger partial charge in [-0.3, -0.25) is 19.2 Å². The van der Waals surface area contributed by atoms with Gasteiger partial charge in [-0.1, -0.05) is 0 Å². The number of rotatable bonds is 12. The number of carbonyl (C=O) groups excluding carboxylic acids is 3. The summed E-state index contributed by atoms with van der Waals surface area (Å²) in [5.74, 6) is -5.14. The monoisotopic (exact) mass is 408 g/mol. The molecule has 0 spiro atoms. The smallest absolute Gasteiger partial charge is 0.326 e. The topological polar surface area (TPSA) is 208 Å². The van der Waals surface area contributed by atoms with Crippen LogP contribution in [0.15, 0.2) is 0 Å². The lowest BCUT2D eigenvalue weighted by Crippen LogP contribution is -2.57. The van der Waals surface area contributed by atoms with Gasteiger partial charge in [0.2, 0.25) is 17.7 Å². The van der Waals surface area contributed by atoms with E-state index in [1.165, 1.54) is 6.92 Å². The first-order chi connectivity index (χ1) is 12.5. The maximum Gasteiger partial charge on any atom is 0.326 e. The summed E-state index contributed by atoms with van der Waals surface area (Å²) in [5.41, 5.74) is 5.45. The van der Waals surface area contributed by atoms with Crippen LogP contribution in [0, 0.1) is 0 Å². The third kappa shape index (κ3) is 9.21. The molecule has 0 aliphatic heterocycles. The Morgan fingerprint density at radius 3 is 1.96 bits per heavy atom. The first kappa shape index (κ1) is 24.6. The number of aliphatic hydroxyl groups excluding tert-OH is 1. The zero-order valence-corrected chi connectivity index (χ0v) is 15.4. The molecule has 0 aliphatic rings. The molecule has 0 saturated carbocycles. The Kier molecular flexibility index (Phi) is 11.0. The average Bonchev–Trinajstić information content (AvgIpc) is 2.60. The second kappa shape index (κ2) is 12.1. The number of carbonyl (C=O) groups is 5. The fourth-order valence-corrected chi connectivity index (χ4v) is 1.92. The standard InChI is InChI=1S/C14H24N4O8S/c1-6(16-12(23)7(15)5-27)11(22)18-9(4-19)13(24)17-8(14(25)26)2-3-10(20)21/h6-9,19,27H,2-5,15H2,1H3,(H,16,23)(H,17,24)(H,18,22)(H,20,21)(H,25,26). The van der Waals surface area contributed by atoms with Crippen molar-refractivity contribution < 1.29 is 39.3 Å². The van der Waals surface area contributed by atoms with Crippen LogP contribution < -0.4 is 21.7 Å². The third-order valence-corrected chi connectivity index (χ3v) is 3.76. The maximum absolute atomic E-state index is 12.1. The van der Waals surface area contributed by atoms with Crippen molar-refractivity contribution in [1.29, 1.82) is 0 Å². The SMILES string of the molecule is CC(NC(=O)C(N)CS)C(=O)NC(CO)C(=O)NC(CCC(=O)O)C(=O)O. The van der Waals surface area contributed by atoms with E-state index in [1.54, 1.807) is 0 Å². The Labute approximate surface area is 160 Å². The summed E-state index contributed by atoms with van der Waals surface area (Å²) in [5, 5.41) is 33.4. The summed E-state index contributed by atoms with van der Waals surface area (Å²) in [6.45, 7) is 0.470. The molecule has 0 bridgehead atoms. The zero-order chi connectivity index (χ0) is 21.1. The second-order valence-electron chi connectivity index (χ2n) is 5.59. The molecule has 12 nitrogen and oxygen atoms in total. The molecule has 0 aromatic rings. The summed E-state index contributed by atoms with van der Waals surface area (Å²) in [7, 11) is 0. The van der Waals surface area contributed by atoms with E-state index >= 15 is 0 Å². The summed E-state index contributed by atoms with van der Waals surface area (Å²) >= 11 is 3.85. The van der Waals surface area contributed by atoms with Crippen LogP contribution >= 0.6 is 12.6 Å². The number of nitrogens with two attached hydrogens (primary N) is 1. The van der Waals surface area contributed by atoms with Crippen LogP contribution in [0.4, 0.5) is 0 Å². The summed E-state index contributed by atoms with van der Waals surface area (Å²) in [6, 6.07) is -5.04. The van der Waals surface area contributed by atoms with E-state index in [2.05, 4.69) is 23.3 Å². The molecule has 3 amide bonds. The molecule has 27 heavy (non-hydrogen) atoms. The lowest BCUT2D eigenvalue weighted by atomic mass is 10.1. The van der Waals surface area contributed by atoms with Gasteiger partial charge >= 0.3 is 11.9 Å². The van der Waals surface area contributed by atoms with Crippen molar-refractivity contribution in [1.82, 2.24) is 16.0 Å². The highest BCUT2D eigenvalue weighted by molar-refractivity contribution is 7.80. The first-order valence-corrected chi connectivity index (χ1v) is 8.49. The Bertz CT molecular complexity index is 573. The second-order valence-corrected chi connectivity index (χ2v) is 5.96. The minimum Gasteiger partial charge on any atom is -0.481 e. The van der Waals surface area contributed by atoms with Crippen LogP contribution in [0.3, 0.4) is 0 Å². The molecule has 0 saturated heterocycles. The van der Waals surface area contributed by atoms with Gasteiger partial charge in [0, 0.05) is 12.2 Å². The van der Waals surface area contributed by atoms with E-state index in [1.807, 2.05) is 5.32 Å². The molecule has 0 radical (unpaired) electrons. The Balaban J connectivity index is 4.81. The van der Waals surface area contributed by atoms with E-state index in [-0.39, 0.29) is 12.2 Å². The molecule has 0 fully saturated rings. The number of hydrogen-bond acceptors (Lipinski definition) is 8. The molecule has 0 heterocycles. The third-order valence-electron chi connectivity index (χ3n) is 3.36. The Morgan fingerprint density at radius 2 is 1.52 bits per heavy atom. The number of aliphatic carboxylic acids is 2. The van der Waals surface area contributed by atoms with Gasteiger partial charge in [-0.25, -0.2) is 4.79 Å². The highest BCUT2D eigenvalue weighted by atomic mass is 32.1. The molecule has 8 N–H and O–H groups in total. The van der Waals surface area contributed by atoms with Crippen LogP contribution in [0.2, 0.25) is 0 Å². The fourth-order valence-electron chi connectivity index (χ4n) is 1.76. The molecule has 0 rings (SSSR count). The number of thiol groups is 1. The number of carboxylic acids is 2. The normalized spacial score (nSPS) is 15.0. The number of aliphatic hydroxyl groups is 1. The molecule has 13 heteroatoms. The predicted octanol–water partition coefficient (Wildman–Crippen LogP) is -3.34. The lowest BCUT2D eigenvalue weighted by Gasteiger charge is -2.22. The zero-order valence-electron chi connectivity index (χ0n) is 14.5. The molecular weight excluding hydrogens is 384 g/mol. The number of carboxylic acid groups (broad SMARTS) is 2. The van der Waals surface area contributed by atoms with Crippen molar-refractivity contribution in [3.05, 3.63) is 0 Å². The van der Waals surface area contributed by atoms with E-state index in [0.29, 0.717) is 0 Å². The Hall–Kier alpha value is -2.38. The highest BCUT2D eigenvalue weighted by Crippen LogP contribution is 1.99. The molecule has 4 atom stereocenters. The van der Waals surface area contributed by atoms with Crippen LogP contribution in [0.1, 0.15) is 19.8 Å². The molecular formula is C14H24N4O8S. The lowest BCUT2D eigenvalue weighted by molar-refractivity contribution is -0.143. The summed E-state index contributed by atoms with van der Waals surface area (Å²) in [6.07, 6.45) is -0.877. The molecule has 154 valence electrons. The highest BCUT2D eigenvalue weighted by Gasteiger charge is 2.28. The fraction of sp³-hybridized carbons (Fsp3) is 0.643. The maximum atomic E-state index is 12.1. The van der Waals surface area contributed by atoms with Crippen LogP contribution in [0.5, 0.6) is 0 Å². The quantitative estimate of drug-likeness (QED) is 0.152. The van der Waals surface area contributed by atoms with Crippen molar-refractivity contribution in [2.24, 2.45) is 5.73 Å². The van der Waals surface area contributed by atoms with Crippen molar-refractivity contribution in [3.8, 4) is 0 Å². The van der Waals surface area contributed by atoms with Gasteiger partial charge in [-0.05, 0) is 13.3 Å². The number of nitrogens with one attached hydrogen (secondary N) is 3. The van der Waals surface area contributed by atoms with E-state index in [0.717, 1.165) is 0 Å². The van der Waals surface area contributed by atoms with Crippen LogP contribution in [0.25, 0.3) is 0 Å². The van der Waals surface area contributed by atoms with Crippen LogP contribution in [-0.4, -0.2) is 81.5 Å². The van der Waals surface area contributed by atoms with Gasteiger partial charge in [0.05, 0.1) is 12.6 Å². The molecule has 0 aliphatic carbocycles. The van der Waals surface area contributed by atoms with Gasteiger partial charge in [0.1, 0.15) is 18.1 Å². The summed E-state index contributed by atoms with van der Waals surface area (Å²) in [4.78, 5) is 57.3. The van der Waals surface area contributed by atoms with Crippen LogP contribution in [-0.2, 0) is 24.0 Å². The van der Waals surface area contributed by atoms with Gasteiger partial charge in [0.25, 0.3) is 0 Å². The van der Waals surface area contributed by atoms with E-state index in [4.69, 9.17) is 15.9 Å². The van der Waals surface area contributed by atoms with E-state index < -0.39 is 66.9 Å². The minimum atomic E-state index is -1.51. The van der Waals surface area contributed by atoms with Gasteiger partial charge in [-0.2, -0.15) is 12.6 Å². The molecule has 0 aromatic heterocycles. The summed E-state index contributed by atoms with van der Waals surface area (Å²) < 4.78 is 0. The van der Waals surface area contributed by atoms with Crippen molar-refractivity contribution in [2.75, 3.05) is 12.4 Å². The number of amides is 3. The van der Waals surface area contributed by atoms with Gasteiger partial charge < -0.3 is 37.0 Å². The average molecular weight is 408 g/mol. The van der Waals surface area contributed by atoms with Crippen molar-refractivity contribution in [2.45, 2.75) is 43.9 Å². The largest absolute Gasteiger partial charge is 0.481 e. The van der Waals surface area contributed by atoms with Crippen molar-refractivity contribution >= 4 is 42.3 Å². The predicted molar refractivity (Wildman–Crippen MR) is 94.9 cm³/mol. The van der Waals surface area contributed by atoms with E-state index in [9.17, 15) is 29.1 Å². The number of hydrogen-bond donors (Lipinski definition) is 8. The molecule has 0 aromatic carbocycles. The van der Waals surface area contributed by atoms with Gasteiger partial charge in [-0.15, -0.1) is 0 Å². The van der Waals surface area contributed by atoms with Crippen molar-refractivity contribution in [3.63, 3.8) is 0 Å². The Morgan fingerprint density at radius 1 is 0.963 bits per heavy atom. The minimum absolute atomic E-state index is 0.0504. The first-order valence-electron chi connectivity index (χ1n) is 7.86.